The maximum absolute atomic E-state index is 2.33. The van der Waals surface area contributed by atoms with Crippen molar-refractivity contribution < 1.29 is 0 Å². The van der Waals surface area contributed by atoms with E-state index in [1.807, 2.05) is 0 Å². The summed E-state index contributed by atoms with van der Waals surface area (Å²) in [5.41, 5.74) is 0. The molecule has 9 heavy (non-hydrogen) atoms. The third-order valence-corrected chi connectivity index (χ3v) is 2.25. The molecule has 0 unspecified atom stereocenters. The van der Waals surface area contributed by atoms with Gasteiger partial charge in [-0.25, -0.2) is 0 Å². The van der Waals surface area contributed by atoms with Gasteiger partial charge in [-0.05, 0) is 0 Å². The molecule has 0 aliphatic carbocycles. The number of rotatable bonds is 0. The van der Waals surface area contributed by atoms with E-state index in [4.69, 9.17) is 0 Å². The molecule has 0 aromatic heterocycles. The summed E-state index contributed by atoms with van der Waals surface area (Å²) in [6.45, 7) is 0. The molecular formula is C6H3I2Li. The summed E-state index contributed by atoms with van der Waals surface area (Å²) in [6.07, 6.45) is 0. The zero-order chi connectivity index (χ0) is 6.85. The van der Waals surface area contributed by atoms with Gasteiger partial charge in [0.15, 0.2) is 0 Å². The van der Waals surface area contributed by atoms with E-state index < -0.39 is 0 Å². The Morgan fingerprint density at radius 2 is 1.44 bits per heavy atom. The van der Waals surface area contributed by atoms with Gasteiger partial charge >= 0.3 is 92.5 Å². The predicted octanol–water partition coefficient (Wildman–Crippen LogP) is 1.69. The van der Waals surface area contributed by atoms with E-state index in [2.05, 4.69) is 81.1 Å². The molecular weight excluding hydrogens is 333 g/mol. The quantitative estimate of drug-likeness (QED) is 0.500. The molecule has 1 aromatic carbocycles. The molecule has 42 valence electrons. The van der Waals surface area contributed by atoms with Gasteiger partial charge in [-0.3, -0.25) is 0 Å². The second-order valence-corrected chi connectivity index (χ2v) is 4.44. The van der Waals surface area contributed by atoms with Crippen LogP contribution in [0.5, 0.6) is 0 Å². The van der Waals surface area contributed by atoms with Crippen molar-refractivity contribution in [3.63, 3.8) is 0 Å². The molecule has 0 N–H and O–H groups in total. The summed E-state index contributed by atoms with van der Waals surface area (Å²) < 4.78 is 3.97. The van der Waals surface area contributed by atoms with Gasteiger partial charge in [0.25, 0.3) is 0 Å². The second-order valence-electron chi connectivity index (χ2n) is 1.95. The van der Waals surface area contributed by atoms with Crippen molar-refractivity contribution >= 4 is 67.1 Å². The van der Waals surface area contributed by atoms with Crippen molar-refractivity contribution in [1.82, 2.24) is 0 Å². The molecule has 0 saturated heterocycles. The van der Waals surface area contributed by atoms with Gasteiger partial charge in [-0.15, -0.1) is 0 Å². The summed E-state index contributed by atoms with van der Waals surface area (Å²) >= 11 is 6.77. The minimum atomic E-state index is 1.32. The molecule has 1 rings (SSSR count). The van der Waals surface area contributed by atoms with Crippen molar-refractivity contribution in [1.29, 1.82) is 0 Å². The SMILES string of the molecule is [Li][c]1cc(I)cc(I)c1. The van der Waals surface area contributed by atoms with Gasteiger partial charge in [0.1, 0.15) is 0 Å². The third kappa shape index (κ3) is 2.79. The molecule has 0 aliphatic heterocycles. The van der Waals surface area contributed by atoms with Crippen LogP contribution in [0.1, 0.15) is 0 Å². The standard InChI is InChI=1S/C6H3I2.Li/c7-5-2-1-3-6(8)4-5;/h2-4H;. The van der Waals surface area contributed by atoms with Crippen LogP contribution in [0.3, 0.4) is 0 Å². The fourth-order valence-electron chi connectivity index (χ4n) is 0.692. The van der Waals surface area contributed by atoms with Crippen LogP contribution < -0.4 is 4.24 Å². The van der Waals surface area contributed by atoms with Gasteiger partial charge in [-0.1, -0.05) is 0 Å². The van der Waals surface area contributed by atoms with Gasteiger partial charge in [-0.2, -0.15) is 0 Å². The first-order chi connectivity index (χ1) is 4.18. The Morgan fingerprint density at radius 3 is 1.78 bits per heavy atom. The van der Waals surface area contributed by atoms with Crippen LogP contribution in [0.25, 0.3) is 0 Å². The molecule has 0 radical (unpaired) electrons. The van der Waals surface area contributed by atoms with Crippen molar-refractivity contribution in [3.8, 4) is 0 Å². The molecule has 0 nitrogen and oxygen atoms in total. The Balaban J connectivity index is 3.17. The van der Waals surface area contributed by atoms with E-state index in [-0.39, 0.29) is 0 Å². The summed E-state index contributed by atoms with van der Waals surface area (Å²) in [6, 6.07) is 6.50. The second kappa shape index (κ2) is 3.61. The van der Waals surface area contributed by atoms with Gasteiger partial charge in [0.05, 0.1) is 0 Å². The molecule has 0 bridgehead atoms. The fraction of sp³-hybridized carbons (Fsp3) is 0. The topological polar surface area (TPSA) is 0 Å². The predicted molar refractivity (Wildman–Crippen MR) is 57.3 cm³/mol. The molecule has 0 heterocycles. The molecule has 0 aliphatic rings. The summed E-state index contributed by atoms with van der Waals surface area (Å²) in [7, 11) is 0. The van der Waals surface area contributed by atoms with Crippen LogP contribution in [0.15, 0.2) is 18.2 Å². The van der Waals surface area contributed by atoms with E-state index in [1.165, 1.54) is 11.4 Å². The first-order valence-corrected chi connectivity index (χ1v) is 4.77. The van der Waals surface area contributed by atoms with Crippen molar-refractivity contribution in [2.45, 2.75) is 0 Å². The first kappa shape index (κ1) is 8.37. The van der Waals surface area contributed by atoms with E-state index in [0.29, 0.717) is 0 Å². The maximum atomic E-state index is 2.33. The molecule has 0 atom stereocenters. The van der Waals surface area contributed by atoms with E-state index in [0.717, 1.165) is 0 Å². The van der Waals surface area contributed by atoms with Gasteiger partial charge in [0.2, 0.25) is 0 Å². The van der Waals surface area contributed by atoms with Gasteiger partial charge < -0.3 is 0 Å². The Hall–Kier alpha value is 1.28. The van der Waals surface area contributed by atoms with Crippen LogP contribution >= 0.6 is 45.2 Å². The van der Waals surface area contributed by atoms with E-state index >= 15 is 0 Å². The van der Waals surface area contributed by atoms with E-state index in [9.17, 15) is 0 Å². The number of benzene rings is 1. The zero-order valence-electron chi connectivity index (χ0n) is 4.99. The van der Waals surface area contributed by atoms with Crippen LogP contribution in [-0.2, 0) is 0 Å². The summed E-state index contributed by atoms with van der Waals surface area (Å²) in [5, 5.41) is 0. The summed E-state index contributed by atoms with van der Waals surface area (Å²) in [5.74, 6) is 0. The molecule has 0 fully saturated rings. The van der Waals surface area contributed by atoms with Crippen LogP contribution in [0.2, 0.25) is 0 Å². The number of halogens is 2. The van der Waals surface area contributed by atoms with Crippen molar-refractivity contribution in [2.24, 2.45) is 0 Å². The first-order valence-electron chi connectivity index (χ1n) is 2.61. The third-order valence-electron chi connectivity index (χ3n) is 1.01. The number of hydrogen-bond acceptors (Lipinski definition) is 0. The molecule has 1 aromatic rings. The monoisotopic (exact) mass is 336 g/mol. The molecule has 3 heteroatoms. The van der Waals surface area contributed by atoms with Crippen LogP contribution in [0.4, 0.5) is 0 Å². The van der Waals surface area contributed by atoms with Gasteiger partial charge in [0, 0.05) is 0 Å². The Labute approximate surface area is 91.3 Å². The Bertz CT molecular complexity index is 172. The van der Waals surface area contributed by atoms with E-state index in [1.54, 1.807) is 0 Å². The normalized spacial score (nSPS) is 9.78. The zero-order valence-corrected chi connectivity index (χ0v) is 9.30. The molecule has 0 saturated carbocycles. The Morgan fingerprint density at radius 1 is 1.00 bits per heavy atom. The van der Waals surface area contributed by atoms with Crippen LogP contribution in [-0.4, -0.2) is 17.7 Å². The summed E-state index contributed by atoms with van der Waals surface area (Å²) in [4.78, 5) is 0. The number of hydrogen-bond donors (Lipinski definition) is 0. The minimum absolute atomic E-state index is 1.32. The molecule has 0 amide bonds. The molecule has 0 spiro atoms. The Kier molecular flexibility index (Phi) is 3.36. The van der Waals surface area contributed by atoms with Crippen molar-refractivity contribution in [2.75, 3.05) is 0 Å². The average molecular weight is 336 g/mol. The van der Waals surface area contributed by atoms with Crippen LogP contribution in [0, 0.1) is 7.14 Å². The van der Waals surface area contributed by atoms with Crippen molar-refractivity contribution in [3.05, 3.63) is 25.3 Å². The average Bonchev–Trinajstić information content (AvgIpc) is 1.59. The fourth-order valence-corrected chi connectivity index (χ4v) is 2.94.